The van der Waals surface area contributed by atoms with Gasteiger partial charge in [0.15, 0.2) is 0 Å². The van der Waals surface area contributed by atoms with Gasteiger partial charge in [0.1, 0.15) is 13.2 Å². The molecular formula is C59H102N2O6P+. The van der Waals surface area contributed by atoms with E-state index in [9.17, 15) is 19.4 Å². The van der Waals surface area contributed by atoms with Gasteiger partial charge in [-0.05, 0) is 103 Å². The van der Waals surface area contributed by atoms with Crippen molar-refractivity contribution in [3.8, 4) is 0 Å². The van der Waals surface area contributed by atoms with E-state index in [0.29, 0.717) is 17.4 Å². The Morgan fingerprint density at radius 1 is 0.515 bits per heavy atom. The number of nitrogens with one attached hydrogen (secondary N) is 1. The second-order valence-corrected chi connectivity index (χ2v) is 20.3. The lowest BCUT2D eigenvalue weighted by molar-refractivity contribution is -0.870. The van der Waals surface area contributed by atoms with Crippen molar-refractivity contribution < 1.29 is 32.9 Å². The van der Waals surface area contributed by atoms with E-state index in [4.69, 9.17) is 9.05 Å². The van der Waals surface area contributed by atoms with Gasteiger partial charge < -0.3 is 19.8 Å². The molecule has 0 aliphatic heterocycles. The molecule has 9 heteroatoms. The Balaban J connectivity index is 4.36. The van der Waals surface area contributed by atoms with Crippen molar-refractivity contribution in [1.82, 2.24) is 5.32 Å². The summed E-state index contributed by atoms with van der Waals surface area (Å²) in [5.74, 6) is -0.208. The second kappa shape index (κ2) is 48.9. The molecule has 1 amide bonds. The summed E-state index contributed by atoms with van der Waals surface area (Å²) in [6, 6.07) is -0.885. The van der Waals surface area contributed by atoms with E-state index in [1.807, 2.05) is 27.2 Å². The van der Waals surface area contributed by atoms with Crippen molar-refractivity contribution in [2.75, 3.05) is 40.9 Å². The number of phosphoric acid groups is 1. The fraction of sp³-hybridized carbons (Fsp3) is 0.644. The number of amides is 1. The molecule has 0 bridgehead atoms. The predicted molar refractivity (Wildman–Crippen MR) is 295 cm³/mol. The zero-order valence-corrected chi connectivity index (χ0v) is 44.9. The minimum atomic E-state index is -4.37. The van der Waals surface area contributed by atoms with Crippen LogP contribution in [0.4, 0.5) is 0 Å². The molecule has 0 aromatic rings. The molecule has 3 N–H and O–H groups in total. The average Bonchev–Trinajstić information content (AvgIpc) is 3.30. The number of allylic oxidation sites excluding steroid dienone is 19. The highest BCUT2D eigenvalue weighted by Crippen LogP contribution is 2.43. The normalized spacial score (nSPS) is 15.0. The van der Waals surface area contributed by atoms with Crippen LogP contribution in [0, 0.1) is 0 Å². The van der Waals surface area contributed by atoms with E-state index < -0.39 is 20.0 Å². The summed E-state index contributed by atoms with van der Waals surface area (Å²) >= 11 is 0. The molecule has 388 valence electrons. The minimum Gasteiger partial charge on any atom is -0.387 e. The number of quaternary nitrogens is 1. The number of nitrogens with zero attached hydrogens (tertiary/aromatic N) is 1. The van der Waals surface area contributed by atoms with Crippen LogP contribution in [0.2, 0.25) is 0 Å². The molecule has 3 atom stereocenters. The first-order valence-electron chi connectivity index (χ1n) is 26.9. The molecule has 0 heterocycles. The highest BCUT2D eigenvalue weighted by atomic mass is 31.2. The average molecular weight is 966 g/mol. The van der Waals surface area contributed by atoms with Gasteiger partial charge in [-0.15, -0.1) is 0 Å². The van der Waals surface area contributed by atoms with Crippen LogP contribution < -0.4 is 5.32 Å². The third kappa shape index (κ3) is 50.8. The van der Waals surface area contributed by atoms with E-state index in [1.54, 1.807) is 6.08 Å². The second-order valence-electron chi connectivity index (χ2n) is 18.8. The smallest absolute Gasteiger partial charge is 0.387 e. The fourth-order valence-electron chi connectivity index (χ4n) is 6.93. The minimum absolute atomic E-state index is 0.0442. The number of hydrogen-bond donors (Lipinski definition) is 3. The predicted octanol–water partition coefficient (Wildman–Crippen LogP) is 16.2. The first kappa shape index (κ1) is 64.9. The van der Waals surface area contributed by atoms with Gasteiger partial charge in [0.2, 0.25) is 5.91 Å². The first-order chi connectivity index (χ1) is 33.0. The van der Waals surface area contributed by atoms with Crippen LogP contribution in [0.15, 0.2) is 122 Å². The molecule has 0 aliphatic carbocycles. The van der Waals surface area contributed by atoms with E-state index >= 15 is 0 Å². The lowest BCUT2D eigenvalue weighted by Gasteiger charge is -2.25. The summed E-state index contributed by atoms with van der Waals surface area (Å²) in [7, 11) is 1.52. The molecule has 68 heavy (non-hydrogen) atoms. The van der Waals surface area contributed by atoms with E-state index in [-0.39, 0.29) is 19.1 Å². The lowest BCUT2D eigenvalue weighted by Crippen LogP contribution is -2.45. The van der Waals surface area contributed by atoms with E-state index in [2.05, 4.69) is 129 Å². The van der Waals surface area contributed by atoms with Gasteiger partial charge in [-0.3, -0.25) is 13.8 Å². The molecule has 3 unspecified atom stereocenters. The summed E-state index contributed by atoms with van der Waals surface area (Å²) in [5.41, 5.74) is 0. The molecule has 0 fully saturated rings. The summed E-state index contributed by atoms with van der Waals surface area (Å²) in [6.45, 7) is 4.64. The number of aliphatic hydroxyl groups is 1. The number of hydrogen-bond acceptors (Lipinski definition) is 5. The van der Waals surface area contributed by atoms with Gasteiger partial charge in [-0.25, -0.2) is 4.57 Å². The topological polar surface area (TPSA) is 105 Å². The van der Waals surface area contributed by atoms with Gasteiger partial charge in [0, 0.05) is 6.42 Å². The lowest BCUT2D eigenvalue weighted by atomic mass is 10.1. The molecule has 0 spiro atoms. The molecule has 0 aromatic carbocycles. The maximum atomic E-state index is 13.0. The Hall–Kier alpha value is -3.10. The maximum absolute atomic E-state index is 13.0. The molecule has 0 saturated heterocycles. The molecule has 0 aliphatic rings. The fourth-order valence-corrected chi connectivity index (χ4v) is 7.67. The van der Waals surface area contributed by atoms with Crippen LogP contribution in [0.5, 0.6) is 0 Å². The van der Waals surface area contributed by atoms with Crippen LogP contribution in [0.25, 0.3) is 0 Å². The number of likely N-dealkylation sites (N-methyl/N-ethyl adjacent to an activating group) is 1. The molecule has 0 saturated carbocycles. The van der Waals surface area contributed by atoms with Crippen molar-refractivity contribution >= 4 is 13.7 Å². The maximum Gasteiger partial charge on any atom is 0.472 e. The monoisotopic (exact) mass is 966 g/mol. The number of carbonyl (C=O) groups is 1. The van der Waals surface area contributed by atoms with Gasteiger partial charge in [0.05, 0.1) is 39.9 Å². The Bertz CT molecular complexity index is 1510. The molecule has 8 nitrogen and oxygen atoms in total. The SMILES string of the molecule is CC/C=C\C/C=C\C/C=C\C/C=C\C/C=C\C/C=C\C/C=C\CCCCCCCCCC(=O)NC(COP(=O)(O)OCC[N+](C)(C)C)C(O)/C=C/CC/C=C/CC/C=C/CCCCCCCCC. The Morgan fingerprint density at radius 2 is 0.897 bits per heavy atom. The number of rotatable bonds is 47. The van der Waals surface area contributed by atoms with Gasteiger partial charge in [-0.2, -0.15) is 0 Å². The van der Waals surface area contributed by atoms with Crippen LogP contribution in [-0.4, -0.2) is 73.4 Å². The summed E-state index contributed by atoms with van der Waals surface area (Å²) in [4.78, 5) is 23.2. The van der Waals surface area contributed by atoms with Gasteiger partial charge in [-0.1, -0.05) is 206 Å². The van der Waals surface area contributed by atoms with Crippen LogP contribution >= 0.6 is 7.82 Å². The summed E-state index contributed by atoms with van der Waals surface area (Å²) < 4.78 is 23.6. The number of carbonyl (C=O) groups excluding carboxylic acids is 1. The quantitative estimate of drug-likeness (QED) is 0.0243. The van der Waals surface area contributed by atoms with Crippen molar-refractivity contribution in [2.45, 2.75) is 206 Å². The van der Waals surface area contributed by atoms with E-state index in [1.165, 1.54) is 70.6 Å². The van der Waals surface area contributed by atoms with Crippen LogP contribution in [-0.2, 0) is 18.4 Å². The van der Waals surface area contributed by atoms with Crippen molar-refractivity contribution in [3.05, 3.63) is 122 Å². The zero-order valence-electron chi connectivity index (χ0n) is 44.0. The van der Waals surface area contributed by atoms with Crippen LogP contribution in [0.1, 0.15) is 194 Å². The first-order valence-corrected chi connectivity index (χ1v) is 28.4. The third-order valence-electron chi connectivity index (χ3n) is 11.1. The van der Waals surface area contributed by atoms with Crippen molar-refractivity contribution in [3.63, 3.8) is 0 Å². The standard InChI is InChI=1S/C59H101N2O6P/c1-6-8-10-12-14-16-18-20-22-24-25-26-27-28-29-30-31-32-33-34-35-37-39-41-43-45-47-49-51-53-59(63)60-57(56-67-68(64,65)66-55-54-61(3,4)5)58(62)52-50-48-46-44-42-40-38-36-23-21-19-17-15-13-11-9-7-2/h8,10,14,16,20,22-23,25-26,28-29,31-32,34-36,42,44,50,52,57-58,62H,6-7,9,11-13,15,17-19,21,24,27,30,33,37-41,43,45-49,51,53-56H2,1-5H3,(H-,60,63,64,65)/p+1/b10-8-,16-14-,22-20-,26-25-,29-28-,32-31-,35-34-,36-23+,44-42+,52-50+. The van der Waals surface area contributed by atoms with Crippen molar-refractivity contribution in [2.24, 2.45) is 0 Å². The molecule has 0 aromatic heterocycles. The third-order valence-corrected chi connectivity index (χ3v) is 12.1. The van der Waals surface area contributed by atoms with Gasteiger partial charge in [0.25, 0.3) is 0 Å². The summed E-state index contributed by atoms with van der Waals surface area (Å²) in [6.07, 6.45) is 72.8. The number of unbranched alkanes of at least 4 members (excludes halogenated alkanes) is 16. The summed E-state index contributed by atoms with van der Waals surface area (Å²) in [5, 5.41) is 13.9. The molecule has 0 radical (unpaired) electrons. The Kier molecular flexibility index (Phi) is 46.7. The highest BCUT2D eigenvalue weighted by Gasteiger charge is 2.27. The Labute approximate surface area is 418 Å². The van der Waals surface area contributed by atoms with Crippen molar-refractivity contribution in [1.29, 1.82) is 0 Å². The molecular weight excluding hydrogens is 864 g/mol. The number of phosphoric ester groups is 1. The highest BCUT2D eigenvalue weighted by molar-refractivity contribution is 7.47. The largest absolute Gasteiger partial charge is 0.472 e. The van der Waals surface area contributed by atoms with Gasteiger partial charge >= 0.3 is 7.82 Å². The molecule has 0 rings (SSSR count). The number of aliphatic hydroxyl groups excluding tert-OH is 1. The van der Waals surface area contributed by atoms with Crippen LogP contribution in [0.3, 0.4) is 0 Å². The van der Waals surface area contributed by atoms with E-state index in [0.717, 1.165) is 103 Å². The Morgan fingerprint density at radius 3 is 1.35 bits per heavy atom. The zero-order chi connectivity index (χ0) is 49.9.